The molecule has 110 valence electrons. The van der Waals surface area contributed by atoms with Crippen LogP contribution in [0.5, 0.6) is 0 Å². The number of anilines is 1. The van der Waals surface area contributed by atoms with Crippen molar-refractivity contribution in [1.29, 1.82) is 0 Å². The van der Waals surface area contributed by atoms with Crippen LogP contribution in [0, 0.1) is 5.82 Å². The maximum Gasteiger partial charge on any atom is 0.335 e. The molecule has 0 aliphatic heterocycles. The summed E-state index contributed by atoms with van der Waals surface area (Å²) in [4.78, 5) is 22.2. The lowest BCUT2D eigenvalue weighted by molar-refractivity contribution is 0.102. The topological polar surface area (TPSA) is 119 Å². The van der Waals surface area contributed by atoms with Crippen molar-refractivity contribution >= 4 is 21.6 Å². The molecule has 1 aromatic heterocycles. The monoisotopic (exact) mass is 312 g/mol. The Bertz CT molecular complexity index is 840. The SMILES string of the molecule is NS(=O)(=O)c1ccc(F)cc1NC(=O)c1ccc(=O)oc1. The maximum absolute atomic E-state index is 13.2. The molecule has 21 heavy (non-hydrogen) atoms. The van der Waals surface area contributed by atoms with Gasteiger partial charge in [-0.05, 0) is 24.3 Å². The molecular weight excluding hydrogens is 303 g/mol. The van der Waals surface area contributed by atoms with Crippen LogP contribution in [0.15, 0.2) is 50.7 Å². The van der Waals surface area contributed by atoms with Gasteiger partial charge in [0, 0.05) is 6.07 Å². The number of primary sulfonamides is 1. The van der Waals surface area contributed by atoms with Gasteiger partial charge in [0.15, 0.2) is 0 Å². The first kappa shape index (κ1) is 14.9. The van der Waals surface area contributed by atoms with Gasteiger partial charge in [-0.1, -0.05) is 0 Å². The van der Waals surface area contributed by atoms with Crippen molar-refractivity contribution in [2.24, 2.45) is 5.14 Å². The lowest BCUT2D eigenvalue weighted by atomic mass is 10.2. The Morgan fingerprint density at radius 2 is 1.95 bits per heavy atom. The van der Waals surface area contributed by atoms with E-state index in [1.54, 1.807) is 0 Å². The van der Waals surface area contributed by atoms with Crippen LogP contribution >= 0.6 is 0 Å². The van der Waals surface area contributed by atoms with E-state index in [0.29, 0.717) is 0 Å². The summed E-state index contributed by atoms with van der Waals surface area (Å²) in [5.41, 5.74) is -1.00. The second-order valence-electron chi connectivity index (χ2n) is 3.98. The zero-order chi connectivity index (χ0) is 15.6. The third-order valence-electron chi connectivity index (χ3n) is 2.46. The average molecular weight is 312 g/mol. The standard InChI is InChI=1S/C12H9FN2O5S/c13-8-2-3-10(21(14,18)19)9(5-8)15-12(17)7-1-4-11(16)20-6-7/h1-6H,(H,15,17)(H2,14,18,19). The smallest absolute Gasteiger partial charge is 0.335 e. The molecule has 0 bridgehead atoms. The van der Waals surface area contributed by atoms with Crippen LogP contribution in [0.4, 0.5) is 10.1 Å². The van der Waals surface area contributed by atoms with Crippen LogP contribution in [0.2, 0.25) is 0 Å². The number of hydrogen-bond acceptors (Lipinski definition) is 5. The quantitative estimate of drug-likeness (QED) is 0.863. The first-order valence-corrected chi connectivity index (χ1v) is 7.04. The number of halogens is 1. The largest absolute Gasteiger partial charge is 0.430 e. The molecule has 0 atom stereocenters. The van der Waals surface area contributed by atoms with Gasteiger partial charge in [0.2, 0.25) is 10.0 Å². The van der Waals surface area contributed by atoms with Crippen molar-refractivity contribution in [2.45, 2.75) is 4.90 Å². The van der Waals surface area contributed by atoms with E-state index >= 15 is 0 Å². The van der Waals surface area contributed by atoms with Crippen molar-refractivity contribution in [3.63, 3.8) is 0 Å². The van der Waals surface area contributed by atoms with Gasteiger partial charge in [0.25, 0.3) is 5.91 Å². The molecular formula is C12H9FN2O5S. The molecule has 0 radical (unpaired) electrons. The lowest BCUT2D eigenvalue weighted by Gasteiger charge is -2.09. The first-order valence-electron chi connectivity index (χ1n) is 5.50. The second kappa shape index (κ2) is 5.46. The molecule has 2 aromatic rings. The predicted octanol–water partition coefficient (Wildman–Crippen LogP) is 0.679. The minimum Gasteiger partial charge on any atom is -0.430 e. The third kappa shape index (κ3) is 3.52. The highest BCUT2D eigenvalue weighted by atomic mass is 32.2. The average Bonchev–Trinajstić information content (AvgIpc) is 2.38. The summed E-state index contributed by atoms with van der Waals surface area (Å²) < 4.78 is 40.4. The normalized spacial score (nSPS) is 11.1. The number of carbonyl (C=O) groups is 1. The van der Waals surface area contributed by atoms with Crippen molar-refractivity contribution in [3.8, 4) is 0 Å². The molecule has 0 saturated heterocycles. The number of sulfonamides is 1. The molecule has 9 heteroatoms. The molecule has 0 spiro atoms. The van der Waals surface area contributed by atoms with Gasteiger partial charge in [-0.25, -0.2) is 22.7 Å². The molecule has 3 N–H and O–H groups in total. The summed E-state index contributed by atoms with van der Waals surface area (Å²) in [7, 11) is -4.14. The van der Waals surface area contributed by atoms with E-state index < -0.39 is 32.3 Å². The fourth-order valence-electron chi connectivity index (χ4n) is 1.53. The minimum absolute atomic E-state index is 0.0424. The lowest BCUT2D eigenvalue weighted by Crippen LogP contribution is -2.19. The van der Waals surface area contributed by atoms with E-state index in [1.807, 2.05) is 0 Å². The zero-order valence-electron chi connectivity index (χ0n) is 10.4. The fourth-order valence-corrected chi connectivity index (χ4v) is 2.20. The Morgan fingerprint density at radius 1 is 1.24 bits per heavy atom. The van der Waals surface area contributed by atoms with E-state index in [2.05, 4.69) is 9.73 Å². The Balaban J connectivity index is 2.39. The van der Waals surface area contributed by atoms with E-state index in [4.69, 9.17) is 5.14 Å². The van der Waals surface area contributed by atoms with Crippen molar-refractivity contribution in [2.75, 3.05) is 5.32 Å². The molecule has 1 heterocycles. The number of rotatable bonds is 3. The molecule has 0 unspecified atom stereocenters. The van der Waals surface area contributed by atoms with Crippen LogP contribution in [0.25, 0.3) is 0 Å². The van der Waals surface area contributed by atoms with E-state index in [-0.39, 0.29) is 11.3 Å². The fraction of sp³-hybridized carbons (Fsp3) is 0. The van der Waals surface area contributed by atoms with Gasteiger partial charge >= 0.3 is 5.63 Å². The highest BCUT2D eigenvalue weighted by Crippen LogP contribution is 2.21. The van der Waals surface area contributed by atoms with Crippen molar-refractivity contribution < 1.29 is 22.0 Å². The molecule has 1 aromatic carbocycles. The van der Waals surface area contributed by atoms with Crippen molar-refractivity contribution in [1.82, 2.24) is 0 Å². The highest BCUT2D eigenvalue weighted by molar-refractivity contribution is 7.89. The summed E-state index contributed by atoms with van der Waals surface area (Å²) in [5.74, 6) is -1.54. The van der Waals surface area contributed by atoms with Crippen LogP contribution < -0.4 is 16.1 Å². The highest BCUT2D eigenvalue weighted by Gasteiger charge is 2.17. The van der Waals surface area contributed by atoms with Crippen LogP contribution in [-0.4, -0.2) is 14.3 Å². The summed E-state index contributed by atoms with van der Waals surface area (Å²) in [6.45, 7) is 0. The molecule has 1 amide bonds. The molecule has 0 aliphatic rings. The summed E-state index contributed by atoms with van der Waals surface area (Å²) >= 11 is 0. The van der Waals surface area contributed by atoms with Crippen LogP contribution in [-0.2, 0) is 10.0 Å². The number of nitrogens with one attached hydrogen (secondary N) is 1. The third-order valence-corrected chi connectivity index (χ3v) is 3.43. The number of hydrogen-bond donors (Lipinski definition) is 2. The predicted molar refractivity (Wildman–Crippen MR) is 70.7 cm³/mol. The van der Waals surface area contributed by atoms with Gasteiger partial charge in [0.05, 0.1) is 11.3 Å². The first-order chi connectivity index (χ1) is 9.77. The van der Waals surface area contributed by atoms with Gasteiger partial charge in [0.1, 0.15) is 17.0 Å². The minimum atomic E-state index is -4.14. The maximum atomic E-state index is 13.2. The molecule has 0 aliphatic carbocycles. The molecule has 7 nitrogen and oxygen atoms in total. The van der Waals surface area contributed by atoms with E-state index in [0.717, 1.165) is 30.5 Å². The summed E-state index contributed by atoms with van der Waals surface area (Å²) in [5, 5.41) is 7.17. The Labute approximate surface area is 118 Å². The number of nitrogens with two attached hydrogens (primary N) is 1. The summed E-state index contributed by atoms with van der Waals surface area (Å²) in [6.07, 6.45) is 0.896. The Kier molecular flexibility index (Phi) is 3.87. The summed E-state index contributed by atoms with van der Waals surface area (Å²) in [6, 6.07) is 4.84. The van der Waals surface area contributed by atoms with Crippen LogP contribution in [0.3, 0.4) is 0 Å². The Hall–Kier alpha value is -2.52. The van der Waals surface area contributed by atoms with Gasteiger partial charge in [-0.15, -0.1) is 0 Å². The molecule has 0 saturated carbocycles. The van der Waals surface area contributed by atoms with Crippen LogP contribution in [0.1, 0.15) is 10.4 Å². The van der Waals surface area contributed by atoms with Gasteiger partial charge in [-0.2, -0.15) is 0 Å². The van der Waals surface area contributed by atoms with E-state index in [9.17, 15) is 22.4 Å². The molecule has 0 fully saturated rings. The van der Waals surface area contributed by atoms with Gasteiger partial charge in [-0.3, -0.25) is 4.79 Å². The van der Waals surface area contributed by atoms with Crippen molar-refractivity contribution in [3.05, 3.63) is 58.4 Å². The Morgan fingerprint density at radius 3 is 2.52 bits per heavy atom. The molecule has 2 rings (SSSR count). The number of benzene rings is 1. The van der Waals surface area contributed by atoms with Gasteiger partial charge < -0.3 is 9.73 Å². The second-order valence-corrected chi connectivity index (χ2v) is 5.51. The number of amides is 1. The zero-order valence-corrected chi connectivity index (χ0v) is 11.2. The number of carbonyl (C=O) groups excluding carboxylic acids is 1. The van der Waals surface area contributed by atoms with E-state index in [1.165, 1.54) is 6.07 Å².